The molecule has 6 heteroatoms. The molecule has 20 heavy (non-hydrogen) atoms. The Morgan fingerprint density at radius 3 is 2.60 bits per heavy atom. The molecule has 0 heterocycles. The van der Waals surface area contributed by atoms with Crippen LogP contribution in [0.3, 0.4) is 0 Å². The zero-order chi connectivity index (χ0) is 15.3. The lowest BCUT2D eigenvalue weighted by molar-refractivity contribution is -0.135. The Labute approximate surface area is 128 Å². The van der Waals surface area contributed by atoms with Crippen molar-refractivity contribution in [3.63, 3.8) is 0 Å². The van der Waals surface area contributed by atoms with E-state index in [1.807, 2.05) is 19.1 Å². The molecule has 1 atom stereocenters. The van der Waals surface area contributed by atoms with Gasteiger partial charge in [-0.3, -0.25) is 4.79 Å². The first-order chi connectivity index (χ1) is 9.40. The predicted octanol–water partition coefficient (Wildman–Crippen LogP) is 2.16. The highest BCUT2D eigenvalue weighted by atomic mass is 79.9. The highest BCUT2D eigenvalue weighted by molar-refractivity contribution is 9.10. The van der Waals surface area contributed by atoms with Crippen molar-refractivity contribution in [1.29, 1.82) is 0 Å². The summed E-state index contributed by atoms with van der Waals surface area (Å²) < 4.78 is 12.0. The Kier molecular flexibility index (Phi) is 6.29. The van der Waals surface area contributed by atoms with Crippen LogP contribution in [0, 0.1) is 0 Å². The first kappa shape index (κ1) is 16.8. The van der Waals surface area contributed by atoms with E-state index < -0.39 is 6.10 Å². The third-order valence-corrected chi connectivity index (χ3v) is 3.28. The van der Waals surface area contributed by atoms with Gasteiger partial charge in [0.1, 0.15) is 0 Å². The molecular weight excluding hydrogens is 324 g/mol. The number of nitrogens with zero attached hydrogens (tertiary/aromatic N) is 1. The Hall–Kier alpha value is -1.27. The molecule has 112 valence electrons. The zero-order valence-corrected chi connectivity index (χ0v) is 13.9. The molecule has 1 unspecified atom stereocenters. The van der Waals surface area contributed by atoms with Crippen LogP contribution in [0.4, 0.5) is 0 Å². The molecule has 1 aromatic carbocycles. The molecule has 1 amide bonds. The minimum atomic E-state index is -0.593. The van der Waals surface area contributed by atoms with Crippen molar-refractivity contribution >= 4 is 21.8 Å². The number of carbonyl (C=O) groups excluding carboxylic acids is 1. The fourth-order valence-electron chi connectivity index (χ4n) is 1.71. The van der Waals surface area contributed by atoms with Gasteiger partial charge in [0.25, 0.3) is 5.91 Å². The van der Waals surface area contributed by atoms with Crippen LogP contribution in [-0.4, -0.2) is 37.6 Å². The predicted molar refractivity (Wildman–Crippen MR) is 82.0 cm³/mol. The number of nitrogens with two attached hydrogens (primary N) is 1. The summed E-state index contributed by atoms with van der Waals surface area (Å²) in [4.78, 5) is 13.4. The Morgan fingerprint density at radius 1 is 1.45 bits per heavy atom. The van der Waals surface area contributed by atoms with Gasteiger partial charge in [-0.05, 0) is 47.5 Å². The van der Waals surface area contributed by atoms with E-state index in [1.165, 1.54) is 4.90 Å². The van der Waals surface area contributed by atoms with Gasteiger partial charge in [0.05, 0.1) is 11.1 Å². The highest BCUT2D eigenvalue weighted by Crippen LogP contribution is 2.37. The lowest BCUT2D eigenvalue weighted by Crippen LogP contribution is -2.35. The summed E-state index contributed by atoms with van der Waals surface area (Å²) in [5.41, 5.74) is 6.57. The number of ether oxygens (including phenoxy) is 2. The second-order valence-corrected chi connectivity index (χ2v) is 5.39. The number of benzene rings is 1. The smallest absolute Gasteiger partial charge is 0.262 e. The average Bonchev–Trinajstić information content (AvgIpc) is 2.41. The largest absolute Gasteiger partial charge is 0.490 e. The van der Waals surface area contributed by atoms with Crippen molar-refractivity contribution in [1.82, 2.24) is 4.90 Å². The van der Waals surface area contributed by atoms with E-state index >= 15 is 0 Å². The number of rotatable bonds is 6. The van der Waals surface area contributed by atoms with E-state index in [0.717, 1.165) is 10.0 Å². The minimum Gasteiger partial charge on any atom is -0.490 e. The molecule has 0 fully saturated rings. The summed E-state index contributed by atoms with van der Waals surface area (Å²) in [5, 5.41) is 0. The van der Waals surface area contributed by atoms with Crippen molar-refractivity contribution < 1.29 is 14.3 Å². The van der Waals surface area contributed by atoms with Gasteiger partial charge >= 0.3 is 0 Å². The van der Waals surface area contributed by atoms with Gasteiger partial charge in [0.2, 0.25) is 0 Å². The van der Waals surface area contributed by atoms with E-state index in [1.54, 1.807) is 21.0 Å². The number of hydrogen-bond donors (Lipinski definition) is 1. The van der Waals surface area contributed by atoms with Gasteiger partial charge < -0.3 is 20.1 Å². The van der Waals surface area contributed by atoms with Crippen LogP contribution in [0.25, 0.3) is 0 Å². The van der Waals surface area contributed by atoms with Crippen molar-refractivity contribution in [2.75, 3.05) is 20.7 Å². The van der Waals surface area contributed by atoms with E-state index in [-0.39, 0.29) is 5.91 Å². The monoisotopic (exact) mass is 344 g/mol. The number of carbonyl (C=O) groups is 1. The molecule has 0 aliphatic carbocycles. The quantitative estimate of drug-likeness (QED) is 0.858. The van der Waals surface area contributed by atoms with Crippen LogP contribution in [0.15, 0.2) is 16.6 Å². The van der Waals surface area contributed by atoms with Crippen molar-refractivity contribution in [2.45, 2.75) is 26.5 Å². The van der Waals surface area contributed by atoms with Crippen LogP contribution in [-0.2, 0) is 11.3 Å². The molecule has 0 bridgehead atoms. The van der Waals surface area contributed by atoms with Crippen molar-refractivity contribution in [3.05, 3.63) is 22.2 Å². The van der Waals surface area contributed by atoms with Gasteiger partial charge in [0.15, 0.2) is 17.6 Å². The number of halogens is 1. The van der Waals surface area contributed by atoms with Gasteiger partial charge in [-0.2, -0.15) is 0 Å². The van der Waals surface area contributed by atoms with Gasteiger partial charge in [-0.25, -0.2) is 0 Å². The SMILES string of the molecule is CCOc1cc(CN)cc(Br)c1OC(C)C(=O)N(C)C. The van der Waals surface area contributed by atoms with Crippen LogP contribution < -0.4 is 15.2 Å². The fraction of sp³-hybridized carbons (Fsp3) is 0.500. The lowest BCUT2D eigenvalue weighted by atomic mass is 10.2. The van der Waals surface area contributed by atoms with E-state index in [0.29, 0.717) is 24.7 Å². The maximum atomic E-state index is 11.9. The zero-order valence-electron chi connectivity index (χ0n) is 12.3. The molecule has 0 aromatic heterocycles. The molecule has 1 aromatic rings. The summed E-state index contributed by atoms with van der Waals surface area (Å²) in [5.74, 6) is 0.995. The molecule has 0 radical (unpaired) electrons. The number of hydrogen-bond acceptors (Lipinski definition) is 4. The van der Waals surface area contributed by atoms with Crippen LogP contribution >= 0.6 is 15.9 Å². The van der Waals surface area contributed by atoms with Crippen LogP contribution in [0.2, 0.25) is 0 Å². The second kappa shape index (κ2) is 7.50. The van der Waals surface area contributed by atoms with Gasteiger partial charge in [0, 0.05) is 20.6 Å². The first-order valence-electron chi connectivity index (χ1n) is 6.43. The number of amides is 1. The van der Waals surface area contributed by atoms with E-state index in [9.17, 15) is 4.79 Å². The summed E-state index contributed by atoms with van der Waals surface area (Å²) >= 11 is 3.44. The summed E-state index contributed by atoms with van der Waals surface area (Å²) in [7, 11) is 3.39. The minimum absolute atomic E-state index is 0.109. The maximum Gasteiger partial charge on any atom is 0.262 e. The van der Waals surface area contributed by atoms with Crippen molar-refractivity contribution in [2.24, 2.45) is 5.73 Å². The molecule has 5 nitrogen and oxygen atoms in total. The summed E-state index contributed by atoms with van der Waals surface area (Å²) in [6, 6.07) is 3.70. The van der Waals surface area contributed by atoms with Crippen molar-refractivity contribution in [3.8, 4) is 11.5 Å². The standard InChI is InChI=1S/C14H21BrN2O3/c1-5-19-12-7-10(8-16)6-11(15)13(12)20-9(2)14(18)17(3)4/h6-7,9H,5,8,16H2,1-4H3. The first-order valence-corrected chi connectivity index (χ1v) is 7.23. The average molecular weight is 345 g/mol. The Morgan fingerprint density at radius 2 is 2.10 bits per heavy atom. The van der Waals surface area contributed by atoms with Gasteiger partial charge in [-0.1, -0.05) is 0 Å². The molecule has 0 saturated heterocycles. The molecular formula is C14H21BrN2O3. The molecule has 1 rings (SSSR count). The summed E-state index contributed by atoms with van der Waals surface area (Å²) in [6.45, 7) is 4.51. The molecule has 0 saturated carbocycles. The van der Waals surface area contributed by atoms with Gasteiger partial charge in [-0.15, -0.1) is 0 Å². The maximum absolute atomic E-state index is 11.9. The van der Waals surface area contributed by atoms with Crippen LogP contribution in [0.5, 0.6) is 11.5 Å². The fourth-order valence-corrected chi connectivity index (χ4v) is 2.29. The molecule has 0 aliphatic heterocycles. The highest BCUT2D eigenvalue weighted by Gasteiger charge is 2.20. The topological polar surface area (TPSA) is 64.8 Å². The van der Waals surface area contributed by atoms with Crippen LogP contribution in [0.1, 0.15) is 19.4 Å². The number of likely N-dealkylation sites (N-methyl/N-ethyl adjacent to an activating group) is 1. The summed E-state index contributed by atoms with van der Waals surface area (Å²) in [6.07, 6.45) is -0.593. The molecule has 0 aliphatic rings. The third kappa shape index (κ3) is 4.11. The Bertz CT molecular complexity index is 478. The lowest BCUT2D eigenvalue weighted by Gasteiger charge is -2.21. The molecule has 2 N–H and O–H groups in total. The molecule has 0 spiro atoms. The Balaban J connectivity index is 3.06. The van der Waals surface area contributed by atoms with E-state index in [2.05, 4.69) is 15.9 Å². The second-order valence-electron chi connectivity index (χ2n) is 4.53. The van der Waals surface area contributed by atoms with E-state index in [4.69, 9.17) is 15.2 Å². The normalized spacial score (nSPS) is 11.9. The third-order valence-electron chi connectivity index (χ3n) is 2.69.